The molecule has 0 aliphatic carbocycles. The Hall–Kier alpha value is -3.40. The Kier molecular flexibility index (Phi) is 8.58. The zero-order chi connectivity index (χ0) is 25.5. The highest BCUT2D eigenvalue weighted by Gasteiger charge is 2.20. The summed E-state index contributed by atoms with van der Waals surface area (Å²) in [5.74, 6) is -0.323. The van der Waals surface area contributed by atoms with Crippen LogP contribution in [-0.4, -0.2) is 21.0 Å². The molecule has 0 aliphatic rings. The summed E-state index contributed by atoms with van der Waals surface area (Å²) in [5.41, 5.74) is 4.99. The fourth-order valence-electron chi connectivity index (χ4n) is 2.93. The molecule has 0 spiro atoms. The molecule has 7 nitrogen and oxygen atoms in total. The Bertz CT molecular complexity index is 1380. The summed E-state index contributed by atoms with van der Waals surface area (Å²) < 4.78 is 24.6. The highest BCUT2D eigenvalue weighted by atomic mass is 35.5. The van der Waals surface area contributed by atoms with Crippen molar-refractivity contribution in [3.63, 3.8) is 0 Å². The molecule has 0 saturated carbocycles. The first kappa shape index (κ1) is 25.7. The molecule has 4 rings (SSSR count). The number of hydrogen-bond acceptors (Lipinski definition) is 8. The van der Waals surface area contributed by atoms with Crippen LogP contribution < -0.4 is 10.2 Å². The number of aryl methyl sites for hydroxylation is 1. The predicted molar refractivity (Wildman–Crippen MR) is 139 cm³/mol. The van der Waals surface area contributed by atoms with Crippen molar-refractivity contribution in [3.8, 4) is 5.75 Å². The minimum absolute atomic E-state index is 0.0260. The highest BCUT2D eigenvalue weighted by molar-refractivity contribution is 8.15. The van der Waals surface area contributed by atoms with Gasteiger partial charge < -0.3 is 9.15 Å². The van der Waals surface area contributed by atoms with Gasteiger partial charge in [-0.2, -0.15) is 5.10 Å². The molecule has 0 saturated heterocycles. The van der Waals surface area contributed by atoms with Gasteiger partial charge in [0.25, 0.3) is 11.1 Å². The number of ketones is 1. The van der Waals surface area contributed by atoms with Crippen molar-refractivity contribution in [2.75, 3.05) is 5.43 Å². The minimum atomic E-state index is -0.450. The SMILES string of the molecule is CCc1ccc(N/N=C(/Sc2nnc(COc3ccc(Cl)cc3Cl)o2)C(=O)c2ccc(F)cc2)cc1. The number of nitrogens with one attached hydrogen (secondary N) is 1. The fraction of sp³-hybridized carbons (Fsp3) is 0.120. The molecule has 1 heterocycles. The number of nitrogens with zero attached hydrogens (tertiary/aromatic N) is 3. The Morgan fingerprint density at radius 3 is 2.53 bits per heavy atom. The van der Waals surface area contributed by atoms with Crippen molar-refractivity contribution in [1.29, 1.82) is 0 Å². The van der Waals surface area contributed by atoms with Crippen LogP contribution in [0.5, 0.6) is 5.75 Å². The Morgan fingerprint density at radius 2 is 1.83 bits per heavy atom. The summed E-state index contributed by atoms with van der Waals surface area (Å²) in [5, 5.41) is 13.1. The largest absolute Gasteiger partial charge is 0.482 e. The molecule has 0 bridgehead atoms. The number of Topliss-reactive ketones (excluding diaryl/α,β-unsaturated/α-hetero) is 1. The lowest BCUT2D eigenvalue weighted by molar-refractivity contribution is 0.106. The quantitative estimate of drug-likeness (QED) is 0.0792. The minimum Gasteiger partial charge on any atom is -0.482 e. The maximum Gasteiger partial charge on any atom is 0.283 e. The van der Waals surface area contributed by atoms with E-state index in [0.717, 1.165) is 18.2 Å². The summed E-state index contributed by atoms with van der Waals surface area (Å²) in [6, 6.07) is 17.6. The van der Waals surface area contributed by atoms with E-state index in [-0.39, 0.29) is 28.3 Å². The molecule has 0 atom stereocenters. The van der Waals surface area contributed by atoms with E-state index in [9.17, 15) is 9.18 Å². The molecule has 0 aliphatic heterocycles. The van der Waals surface area contributed by atoms with Gasteiger partial charge in [0.2, 0.25) is 5.78 Å². The number of carbonyl (C=O) groups excluding carboxylic acids is 1. The van der Waals surface area contributed by atoms with E-state index in [1.165, 1.54) is 29.8 Å². The van der Waals surface area contributed by atoms with Crippen LogP contribution in [0, 0.1) is 5.82 Å². The lowest BCUT2D eigenvalue weighted by Crippen LogP contribution is -2.13. The number of thioether (sulfide) groups is 1. The summed E-state index contributed by atoms with van der Waals surface area (Å²) in [7, 11) is 0. The number of ether oxygens (including phenoxy) is 1. The summed E-state index contributed by atoms with van der Waals surface area (Å²) in [6.07, 6.45) is 0.904. The Balaban J connectivity index is 1.50. The van der Waals surface area contributed by atoms with Crippen LogP contribution in [-0.2, 0) is 13.0 Å². The average molecular weight is 545 g/mol. The number of aromatic nitrogens is 2. The van der Waals surface area contributed by atoms with E-state index < -0.39 is 11.6 Å². The van der Waals surface area contributed by atoms with Crippen molar-refractivity contribution in [2.45, 2.75) is 25.2 Å². The van der Waals surface area contributed by atoms with Gasteiger partial charge in [0, 0.05) is 10.6 Å². The molecule has 0 amide bonds. The molecule has 11 heteroatoms. The lowest BCUT2D eigenvalue weighted by atomic mass is 10.1. The van der Waals surface area contributed by atoms with Crippen molar-refractivity contribution >= 4 is 51.5 Å². The van der Waals surface area contributed by atoms with Gasteiger partial charge in [0.1, 0.15) is 11.6 Å². The van der Waals surface area contributed by atoms with Crippen LogP contribution in [0.3, 0.4) is 0 Å². The number of rotatable bonds is 9. The second kappa shape index (κ2) is 12.0. The fourth-order valence-corrected chi connectivity index (χ4v) is 4.08. The molecule has 4 aromatic rings. The van der Waals surface area contributed by atoms with Crippen LogP contribution in [0.25, 0.3) is 0 Å². The van der Waals surface area contributed by atoms with Gasteiger partial charge in [0.15, 0.2) is 11.7 Å². The summed E-state index contributed by atoms with van der Waals surface area (Å²) in [4.78, 5) is 13.1. The number of hydrazone groups is 1. The van der Waals surface area contributed by atoms with Gasteiger partial charge in [-0.15, -0.1) is 10.2 Å². The number of anilines is 1. The first-order chi connectivity index (χ1) is 17.4. The first-order valence-electron chi connectivity index (χ1n) is 10.7. The first-order valence-corrected chi connectivity index (χ1v) is 12.3. The highest BCUT2D eigenvalue weighted by Crippen LogP contribution is 2.28. The second-order valence-corrected chi connectivity index (χ2v) is 9.13. The number of carbonyl (C=O) groups is 1. The van der Waals surface area contributed by atoms with E-state index in [0.29, 0.717) is 21.5 Å². The monoisotopic (exact) mass is 544 g/mol. The van der Waals surface area contributed by atoms with Crippen molar-refractivity contribution < 1.29 is 18.3 Å². The molecule has 0 radical (unpaired) electrons. The lowest BCUT2D eigenvalue weighted by Gasteiger charge is -2.06. The van der Waals surface area contributed by atoms with Crippen molar-refractivity contribution in [2.24, 2.45) is 5.10 Å². The van der Waals surface area contributed by atoms with E-state index >= 15 is 0 Å². The predicted octanol–water partition coefficient (Wildman–Crippen LogP) is 7.06. The van der Waals surface area contributed by atoms with E-state index in [1.807, 2.05) is 24.3 Å². The molecule has 3 aromatic carbocycles. The Labute approximate surface area is 220 Å². The molecule has 0 fully saturated rings. The second-order valence-electron chi connectivity index (χ2n) is 7.34. The van der Waals surface area contributed by atoms with Crippen LogP contribution in [0.2, 0.25) is 10.0 Å². The molecule has 1 N–H and O–H groups in total. The average Bonchev–Trinajstić information content (AvgIpc) is 3.33. The third-order valence-corrected chi connectivity index (χ3v) is 6.17. The number of benzene rings is 3. The number of halogens is 3. The zero-order valence-corrected chi connectivity index (χ0v) is 21.2. The van der Waals surface area contributed by atoms with Gasteiger partial charge in [-0.25, -0.2) is 4.39 Å². The van der Waals surface area contributed by atoms with Gasteiger partial charge in [-0.3, -0.25) is 10.2 Å². The summed E-state index contributed by atoms with van der Waals surface area (Å²) >= 11 is 12.9. The van der Waals surface area contributed by atoms with Crippen LogP contribution in [0.4, 0.5) is 10.1 Å². The van der Waals surface area contributed by atoms with Gasteiger partial charge >= 0.3 is 0 Å². The van der Waals surface area contributed by atoms with E-state index in [4.69, 9.17) is 32.4 Å². The summed E-state index contributed by atoms with van der Waals surface area (Å²) in [6.45, 7) is 2.01. The van der Waals surface area contributed by atoms with Crippen molar-refractivity contribution in [3.05, 3.63) is 99.6 Å². The number of hydrogen-bond donors (Lipinski definition) is 1. The molecular weight excluding hydrogens is 526 g/mol. The van der Waals surface area contributed by atoms with Gasteiger partial charge in [-0.05, 0) is 78.3 Å². The van der Waals surface area contributed by atoms with E-state index in [2.05, 4.69) is 27.6 Å². The smallest absolute Gasteiger partial charge is 0.283 e. The molecule has 0 unspecified atom stereocenters. The van der Waals surface area contributed by atoms with E-state index in [1.54, 1.807) is 18.2 Å². The van der Waals surface area contributed by atoms with Crippen LogP contribution >= 0.6 is 35.0 Å². The van der Waals surface area contributed by atoms with Crippen molar-refractivity contribution in [1.82, 2.24) is 10.2 Å². The third-order valence-electron chi connectivity index (χ3n) is 4.83. The Morgan fingerprint density at radius 1 is 1.08 bits per heavy atom. The zero-order valence-electron chi connectivity index (χ0n) is 18.9. The van der Waals surface area contributed by atoms with Gasteiger partial charge in [0.05, 0.1) is 10.7 Å². The molecule has 1 aromatic heterocycles. The maximum atomic E-state index is 13.4. The molecular formula is C25H19Cl2FN4O3S. The maximum absolute atomic E-state index is 13.4. The molecule has 36 heavy (non-hydrogen) atoms. The third kappa shape index (κ3) is 6.84. The topological polar surface area (TPSA) is 89.6 Å². The standard InChI is InChI=1S/C25H19Cl2FN4O3S/c1-2-15-3-10-19(11-4-15)29-31-24(23(33)16-5-8-18(28)9-6-16)36-25-32-30-22(35-25)14-34-21-12-7-17(26)13-20(21)27/h3-13,29H,2,14H2,1H3/b31-24+. The van der Waals surface area contributed by atoms with Crippen LogP contribution in [0.15, 0.2) is 81.5 Å². The normalized spacial score (nSPS) is 11.4. The molecule has 184 valence electrons. The van der Waals surface area contributed by atoms with Crippen LogP contribution in [0.1, 0.15) is 28.7 Å². The van der Waals surface area contributed by atoms with Gasteiger partial charge in [-0.1, -0.05) is 42.3 Å².